The highest BCUT2D eigenvalue weighted by Gasteiger charge is 2.35. The van der Waals surface area contributed by atoms with Gasteiger partial charge in [0.05, 0.1) is 18.7 Å². The molecule has 1 aromatic heterocycles. The topological polar surface area (TPSA) is 88.9 Å². The lowest BCUT2D eigenvalue weighted by Crippen LogP contribution is -2.31. The molecule has 1 aliphatic heterocycles. The minimum Gasteiger partial charge on any atom is -0.467 e. The first-order valence-corrected chi connectivity index (χ1v) is 8.89. The summed E-state index contributed by atoms with van der Waals surface area (Å²) in [5.41, 5.74) is 1.14. The Kier molecular flexibility index (Phi) is 6.25. The fourth-order valence-electron chi connectivity index (χ4n) is 2.96. The van der Waals surface area contributed by atoms with Gasteiger partial charge in [-0.15, -0.1) is 0 Å². The Labute approximate surface area is 157 Å². The molecule has 7 nitrogen and oxygen atoms in total. The smallest absolute Gasteiger partial charge is 0.311 e. The summed E-state index contributed by atoms with van der Waals surface area (Å²) >= 11 is 0. The lowest BCUT2D eigenvalue weighted by molar-refractivity contribution is -0.152. The number of hydrogen-bond acceptors (Lipinski definition) is 5. The molecule has 0 spiro atoms. The van der Waals surface area contributed by atoms with Crippen molar-refractivity contribution in [3.63, 3.8) is 0 Å². The van der Waals surface area contributed by atoms with E-state index in [0.717, 1.165) is 12.0 Å². The van der Waals surface area contributed by atoms with Crippen LogP contribution in [0.4, 0.5) is 0 Å². The Morgan fingerprint density at radius 3 is 2.74 bits per heavy atom. The Morgan fingerprint density at radius 1 is 1.19 bits per heavy atom. The van der Waals surface area contributed by atoms with Crippen molar-refractivity contribution < 1.29 is 23.5 Å². The second-order valence-electron chi connectivity index (χ2n) is 6.44. The van der Waals surface area contributed by atoms with Gasteiger partial charge in [-0.05, 0) is 24.1 Å². The zero-order valence-corrected chi connectivity index (χ0v) is 14.9. The van der Waals surface area contributed by atoms with E-state index < -0.39 is 17.8 Å². The summed E-state index contributed by atoms with van der Waals surface area (Å²) in [5, 5.41) is 2.60. The summed E-state index contributed by atoms with van der Waals surface area (Å²) in [6, 6.07) is 13.3. The fraction of sp³-hybridized carbons (Fsp3) is 0.350. The average molecular weight is 370 g/mol. The van der Waals surface area contributed by atoms with Gasteiger partial charge in [0.1, 0.15) is 5.76 Å². The summed E-state index contributed by atoms with van der Waals surface area (Å²) in [5.74, 6) is -0.893. The third kappa shape index (κ3) is 5.44. The van der Waals surface area contributed by atoms with Gasteiger partial charge in [-0.3, -0.25) is 14.4 Å². The molecule has 2 aromatic rings. The number of furan rings is 1. The van der Waals surface area contributed by atoms with E-state index in [1.54, 1.807) is 17.0 Å². The highest BCUT2D eigenvalue weighted by Crippen LogP contribution is 2.19. The number of carbonyl (C=O) groups is 3. The summed E-state index contributed by atoms with van der Waals surface area (Å²) < 4.78 is 10.2. The van der Waals surface area contributed by atoms with Crippen molar-refractivity contribution in [3.8, 4) is 0 Å². The normalized spacial score (nSPS) is 16.4. The van der Waals surface area contributed by atoms with Gasteiger partial charge in [-0.1, -0.05) is 30.3 Å². The Bertz CT molecular complexity index is 773. The largest absolute Gasteiger partial charge is 0.467 e. The van der Waals surface area contributed by atoms with Crippen LogP contribution in [0.2, 0.25) is 0 Å². The van der Waals surface area contributed by atoms with Crippen LogP contribution in [0.15, 0.2) is 53.1 Å². The number of nitrogens with zero attached hydrogens (tertiary/aromatic N) is 1. The molecule has 0 bridgehead atoms. The molecule has 7 heteroatoms. The van der Waals surface area contributed by atoms with Crippen LogP contribution in [0.3, 0.4) is 0 Å². The summed E-state index contributed by atoms with van der Waals surface area (Å²) in [4.78, 5) is 37.7. The first-order chi connectivity index (χ1) is 13.1. The fourth-order valence-corrected chi connectivity index (χ4v) is 2.96. The first-order valence-electron chi connectivity index (χ1n) is 8.89. The van der Waals surface area contributed by atoms with Gasteiger partial charge in [-0.2, -0.15) is 0 Å². The monoisotopic (exact) mass is 370 g/mol. The molecule has 0 aliphatic carbocycles. The maximum Gasteiger partial charge on any atom is 0.311 e. The summed E-state index contributed by atoms with van der Waals surface area (Å²) in [6.45, 7) is 0.765. The molecule has 27 heavy (non-hydrogen) atoms. The van der Waals surface area contributed by atoms with Gasteiger partial charge in [0, 0.05) is 19.5 Å². The van der Waals surface area contributed by atoms with Crippen molar-refractivity contribution in [2.24, 2.45) is 5.92 Å². The van der Waals surface area contributed by atoms with E-state index in [9.17, 15) is 14.4 Å². The second-order valence-corrected chi connectivity index (χ2v) is 6.44. The molecule has 2 heterocycles. The van der Waals surface area contributed by atoms with Crippen molar-refractivity contribution in [2.75, 3.05) is 19.7 Å². The molecule has 0 saturated carbocycles. The number of ether oxygens (including phenoxy) is 1. The highest BCUT2D eigenvalue weighted by atomic mass is 16.5. The van der Waals surface area contributed by atoms with Gasteiger partial charge < -0.3 is 19.4 Å². The van der Waals surface area contributed by atoms with E-state index in [-0.39, 0.29) is 25.5 Å². The van der Waals surface area contributed by atoms with E-state index in [0.29, 0.717) is 18.8 Å². The third-order valence-electron chi connectivity index (χ3n) is 4.45. The Hall–Kier alpha value is -3.09. The summed E-state index contributed by atoms with van der Waals surface area (Å²) in [7, 11) is 0. The molecule has 1 aromatic carbocycles. The minimum atomic E-state index is -0.522. The number of carbonyl (C=O) groups excluding carboxylic acids is 3. The Balaban J connectivity index is 1.38. The van der Waals surface area contributed by atoms with Crippen LogP contribution in [-0.2, 0) is 32.1 Å². The van der Waals surface area contributed by atoms with Crippen molar-refractivity contribution in [1.82, 2.24) is 10.2 Å². The standard InChI is InChI=1S/C20H22N2O5/c23-18(21-12-17-7-4-10-26-17)14-27-20(25)16-11-19(24)22(13-16)9-8-15-5-2-1-3-6-15/h1-7,10,16H,8-9,11-14H2,(H,21,23)/t16-/m1/s1. The van der Waals surface area contributed by atoms with Crippen molar-refractivity contribution in [1.29, 1.82) is 0 Å². The summed E-state index contributed by atoms with van der Waals surface area (Å²) in [6.07, 6.45) is 2.38. The van der Waals surface area contributed by atoms with Gasteiger partial charge in [0.25, 0.3) is 5.91 Å². The molecule has 1 N–H and O–H groups in total. The van der Waals surface area contributed by atoms with Crippen molar-refractivity contribution in [3.05, 3.63) is 60.1 Å². The lowest BCUT2D eigenvalue weighted by atomic mass is 10.1. The van der Waals surface area contributed by atoms with Gasteiger partial charge in [0.15, 0.2) is 6.61 Å². The average Bonchev–Trinajstić information content (AvgIpc) is 3.33. The van der Waals surface area contributed by atoms with Crippen LogP contribution in [0.5, 0.6) is 0 Å². The number of benzene rings is 1. The Morgan fingerprint density at radius 2 is 2.00 bits per heavy atom. The maximum absolute atomic E-state index is 12.1. The zero-order chi connectivity index (χ0) is 19.1. The van der Waals surface area contributed by atoms with Crippen LogP contribution in [0.1, 0.15) is 17.7 Å². The SMILES string of the molecule is O=C(COC(=O)[C@@H]1CC(=O)N(CCc2ccccc2)C1)NCc1ccco1. The molecule has 0 radical (unpaired) electrons. The molecule has 3 rings (SSSR count). The van der Waals surface area contributed by atoms with E-state index in [4.69, 9.17) is 9.15 Å². The van der Waals surface area contributed by atoms with Crippen LogP contribution in [0, 0.1) is 5.92 Å². The molecule has 1 fully saturated rings. The molecule has 1 saturated heterocycles. The van der Waals surface area contributed by atoms with Crippen LogP contribution in [-0.4, -0.2) is 42.4 Å². The van der Waals surface area contributed by atoms with Crippen LogP contribution in [0.25, 0.3) is 0 Å². The predicted molar refractivity (Wildman–Crippen MR) is 96.3 cm³/mol. The molecule has 1 atom stereocenters. The highest BCUT2D eigenvalue weighted by molar-refractivity contribution is 5.88. The van der Waals surface area contributed by atoms with E-state index in [2.05, 4.69) is 5.32 Å². The van der Waals surface area contributed by atoms with E-state index >= 15 is 0 Å². The lowest BCUT2D eigenvalue weighted by Gasteiger charge is -2.16. The van der Waals surface area contributed by atoms with Crippen LogP contribution < -0.4 is 5.32 Å². The van der Waals surface area contributed by atoms with E-state index in [1.165, 1.54) is 6.26 Å². The third-order valence-corrected chi connectivity index (χ3v) is 4.45. The molecular weight excluding hydrogens is 348 g/mol. The first kappa shape index (κ1) is 18.7. The number of amides is 2. The quantitative estimate of drug-likeness (QED) is 0.712. The number of nitrogens with one attached hydrogen (secondary N) is 1. The van der Waals surface area contributed by atoms with E-state index in [1.807, 2.05) is 30.3 Å². The molecule has 2 amide bonds. The number of esters is 1. The molecular formula is C20H22N2O5. The number of rotatable bonds is 8. The predicted octanol–water partition coefficient (Wildman–Crippen LogP) is 1.53. The number of hydrogen-bond donors (Lipinski definition) is 1. The van der Waals surface area contributed by atoms with Gasteiger partial charge in [-0.25, -0.2) is 0 Å². The molecule has 142 valence electrons. The molecule has 1 aliphatic rings. The van der Waals surface area contributed by atoms with Crippen molar-refractivity contribution >= 4 is 17.8 Å². The minimum absolute atomic E-state index is 0.0600. The second kappa shape index (κ2) is 9.02. The number of likely N-dealkylation sites (tertiary alicyclic amines) is 1. The van der Waals surface area contributed by atoms with Crippen LogP contribution >= 0.6 is 0 Å². The van der Waals surface area contributed by atoms with Crippen molar-refractivity contribution in [2.45, 2.75) is 19.4 Å². The van der Waals surface area contributed by atoms with Gasteiger partial charge >= 0.3 is 5.97 Å². The zero-order valence-electron chi connectivity index (χ0n) is 14.9. The van der Waals surface area contributed by atoms with Gasteiger partial charge in [0.2, 0.25) is 5.91 Å². The molecule has 0 unspecified atom stereocenters. The maximum atomic E-state index is 12.1.